The van der Waals surface area contributed by atoms with Crippen molar-refractivity contribution in [2.45, 2.75) is 24.6 Å². The van der Waals surface area contributed by atoms with Gasteiger partial charge in [0, 0.05) is 6.07 Å². The fourth-order valence-corrected chi connectivity index (χ4v) is 2.02. The van der Waals surface area contributed by atoms with Crippen LogP contribution in [0, 0.1) is 9.39 Å². The highest BCUT2D eigenvalue weighted by Gasteiger charge is 2.63. The van der Waals surface area contributed by atoms with E-state index in [1.807, 2.05) is 0 Å². The Labute approximate surface area is 109 Å². The van der Waals surface area contributed by atoms with Crippen molar-refractivity contribution >= 4 is 34.0 Å². The van der Waals surface area contributed by atoms with E-state index in [0.717, 1.165) is 6.07 Å². The topological polar surface area (TPSA) is 38.0 Å². The summed E-state index contributed by atoms with van der Waals surface area (Å²) >= 11 is 1.73. The number of nitrogen functional groups attached to an aromatic ring is 1. The van der Waals surface area contributed by atoms with Gasteiger partial charge >= 0.3 is 6.18 Å². The predicted molar refractivity (Wildman–Crippen MR) is 65.2 cm³/mol. The molecule has 0 aromatic heterocycles. The first-order valence-electron chi connectivity index (χ1n) is 4.85. The summed E-state index contributed by atoms with van der Waals surface area (Å²) in [6.07, 6.45) is -4.37. The molecule has 1 aliphatic rings. The number of rotatable bonds is 2. The first-order valence-corrected chi connectivity index (χ1v) is 5.92. The van der Waals surface area contributed by atoms with Crippen LogP contribution in [0.25, 0.3) is 0 Å². The number of anilines is 2. The van der Waals surface area contributed by atoms with E-state index in [1.54, 1.807) is 22.6 Å². The average Bonchev–Trinajstić information content (AvgIpc) is 2.94. The summed E-state index contributed by atoms with van der Waals surface area (Å²) in [7, 11) is 0. The van der Waals surface area contributed by atoms with E-state index in [1.165, 1.54) is 6.07 Å². The second-order valence-electron chi connectivity index (χ2n) is 4.06. The van der Waals surface area contributed by atoms with Crippen molar-refractivity contribution in [1.29, 1.82) is 0 Å². The summed E-state index contributed by atoms with van der Waals surface area (Å²) in [6.45, 7) is 0. The van der Waals surface area contributed by atoms with E-state index in [9.17, 15) is 17.6 Å². The SMILES string of the molecule is Nc1cc(I)c(F)cc1NC1(C(F)(F)F)CC1. The molecule has 0 saturated heterocycles. The van der Waals surface area contributed by atoms with Crippen LogP contribution in [0.4, 0.5) is 28.9 Å². The normalized spacial score (nSPS) is 17.9. The number of nitrogens with two attached hydrogens (primary N) is 1. The number of hydrogen-bond acceptors (Lipinski definition) is 2. The molecule has 0 unspecified atom stereocenters. The van der Waals surface area contributed by atoms with E-state index in [2.05, 4.69) is 5.32 Å². The third-order valence-corrected chi connectivity index (χ3v) is 3.59. The number of hydrogen-bond donors (Lipinski definition) is 2. The van der Waals surface area contributed by atoms with Crippen molar-refractivity contribution in [3.05, 3.63) is 21.5 Å². The maximum absolute atomic E-state index is 13.3. The highest BCUT2D eigenvalue weighted by molar-refractivity contribution is 14.1. The van der Waals surface area contributed by atoms with Crippen molar-refractivity contribution in [3.8, 4) is 0 Å². The number of benzene rings is 1. The van der Waals surface area contributed by atoms with Gasteiger partial charge in [0.25, 0.3) is 0 Å². The summed E-state index contributed by atoms with van der Waals surface area (Å²) in [4.78, 5) is 0. The van der Waals surface area contributed by atoms with Crippen LogP contribution in [0.3, 0.4) is 0 Å². The predicted octanol–water partition coefficient (Wildman–Crippen LogP) is 3.52. The van der Waals surface area contributed by atoms with Crippen LogP contribution in [0.1, 0.15) is 12.8 Å². The van der Waals surface area contributed by atoms with Gasteiger partial charge in [-0.25, -0.2) is 4.39 Å². The first kappa shape index (κ1) is 12.7. The summed E-state index contributed by atoms with van der Waals surface area (Å²) in [5.74, 6) is -0.583. The lowest BCUT2D eigenvalue weighted by Gasteiger charge is -2.23. The average molecular weight is 360 g/mol. The Bertz CT molecular complexity index is 454. The molecule has 0 heterocycles. The zero-order valence-electron chi connectivity index (χ0n) is 8.54. The Hall–Kier alpha value is -0.730. The monoisotopic (exact) mass is 360 g/mol. The van der Waals surface area contributed by atoms with Gasteiger partial charge < -0.3 is 11.1 Å². The molecular weight excluding hydrogens is 351 g/mol. The zero-order valence-corrected chi connectivity index (χ0v) is 10.7. The minimum Gasteiger partial charge on any atom is -0.397 e. The van der Waals surface area contributed by atoms with Gasteiger partial charge in [-0.15, -0.1) is 0 Å². The van der Waals surface area contributed by atoms with Gasteiger partial charge in [0.1, 0.15) is 11.4 Å². The van der Waals surface area contributed by atoms with Crippen LogP contribution >= 0.6 is 22.6 Å². The summed E-state index contributed by atoms with van der Waals surface area (Å²) in [5.41, 5.74) is 3.75. The van der Waals surface area contributed by atoms with Gasteiger partial charge in [-0.2, -0.15) is 13.2 Å². The van der Waals surface area contributed by atoms with Crippen molar-refractivity contribution in [2.75, 3.05) is 11.1 Å². The molecule has 2 rings (SSSR count). The van der Waals surface area contributed by atoms with Crippen molar-refractivity contribution in [2.24, 2.45) is 0 Å². The lowest BCUT2D eigenvalue weighted by atomic mass is 10.2. The second-order valence-corrected chi connectivity index (χ2v) is 5.22. The fraction of sp³-hybridized carbons (Fsp3) is 0.400. The van der Waals surface area contributed by atoms with Gasteiger partial charge in [0.05, 0.1) is 14.9 Å². The van der Waals surface area contributed by atoms with E-state index >= 15 is 0 Å². The van der Waals surface area contributed by atoms with Gasteiger partial charge in [-0.05, 0) is 41.5 Å². The van der Waals surface area contributed by atoms with E-state index in [4.69, 9.17) is 5.73 Å². The van der Waals surface area contributed by atoms with Gasteiger partial charge in [0.2, 0.25) is 0 Å². The molecule has 1 aliphatic carbocycles. The molecule has 1 saturated carbocycles. The van der Waals surface area contributed by atoms with E-state index in [-0.39, 0.29) is 27.8 Å². The quantitative estimate of drug-likeness (QED) is 0.481. The molecule has 3 N–H and O–H groups in total. The molecule has 17 heavy (non-hydrogen) atoms. The van der Waals surface area contributed by atoms with Crippen LogP contribution < -0.4 is 11.1 Å². The minimum absolute atomic E-state index is 0.00209. The number of halogens is 5. The molecule has 0 amide bonds. The molecule has 1 fully saturated rings. The standard InChI is InChI=1S/C10H9F4IN2/c11-5-3-8(7(16)4-6(5)15)17-9(1-2-9)10(12,13)14/h3-4,17H,1-2,16H2. The Morgan fingerprint density at radius 1 is 1.29 bits per heavy atom. The first-order chi connectivity index (χ1) is 7.75. The molecule has 0 spiro atoms. The van der Waals surface area contributed by atoms with Crippen molar-refractivity contribution in [1.82, 2.24) is 0 Å². The molecule has 0 aliphatic heterocycles. The van der Waals surface area contributed by atoms with Crippen LogP contribution in [-0.2, 0) is 0 Å². The highest BCUT2D eigenvalue weighted by Crippen LogP contribution is 2.51. The molecule has 2 nitrogen and oxygen atoms in total. The maximum Gasteiger partial charge on any atom is 0.411 e. The van der Waals surface area contributed by atoms with Gasteiger partial charge in [0.15, 0.2) is 0 Å². The van der Waals surface area contributed by atoms with Crippen LogP contribution in [0.5, 0.6) is 0 Å². The Balaban J connectivity index is 2.29. The fourth-order valence-electron chi connectivity index (χ4n) is 1.53. The second kappa shape index (κ2) is 3.89. The van der Waals surface area contributed by atoms with Gasteiger partial charge in [-0.1, -0.05) is 0 Å². The third-order valence-electron chi connectivity index (χ3n) is 2.76. The van der Waals surface area contributed by atoms with Crippen LogP contribution in [0.2, 0.25) is 0 Å². The molecule has 94 valence electrons. The lowest BCUT2D eigenvalue weighted by molar-refractivity contribution is -0.151. The van der Waals surface area contributed by atoms with E-state index < -0.39 is 17.5 Å². The van der Waals surface area contributed by atoms with E-state index in [0.29, 0.717) is 0 Å². The summed E-state index contributed by atoms with van der Waals surface area (Å²) < 4.78 is 51.6. The van der Waals surface area contributed by atoms with Gasteiger partial charge in [-0.3, -0.25) is 0 Å². The van der Waals surface area contributed by atoms with Crippen LogP contribution in [-0.4, -0.2) is 11.7 Å². The highest BCUT2D eigenvalue weighted by atomic mass is 127. The molecule has 0 bridgehead atoms. The minimum atomic E-state index is -4.35. The molecule has 7 heteroatoms. The Kier molecular flexibility index (Phi) is 2.91. The molecule has 0 atom stereocenters. The van der Waals surface area contributed by atoms with Crippen molar-refractivity contribution < 1.29 is 17.6 Å². The molecular formula is C10H9F4IN2. The lowest BCUT2D eigenvalue weighted by Crippen LogP contribution is -2.38. The van der Waals surface area contributed by atoms with Crippen molar-refractivity contribution in [3.63, 3.8) is 0 Å². The number of nitrogens with one attached hydrogen (secondary N) is 1. The summed E-state index contributed by atoms with van der Waals surface area (Å²) in [5, 5.41) is 2.31. The molecule has 0 radical (unpaired) electrons. The zero-order chi connectivity index (χ0) is 12.8. The number of alkyl halides is 3. The Morgan fingerprint density at radius 2 is 1.88 bits per heavy atom. The molecule has 1 aromatic carbocycles. The largest absolute Gasteiger partial charge is 0.411 e. The smallest absolute Gasteiger partial charge is 0.397 e. The summed E-state index contributed by atoms with van der Waals surface area (Å²) in [6, 6.07) is 2.31. The molecule has 1 aromatic rings. The van der Waals surface area contributed by atoms with Crippen LogP contribution in [0.15, 0.2) is 12.1 Å². The maximum atomic E-state index is 13.3. The third kappa shape index (κ3) is 2.29. The Morgan fingerprint density at radius 3 is 2.35 bits per heavy atom.